The first-order valence-corrected chi connectivity index (χ1v) is 7.62. The topological polar surface area (TPSA) is 79.3 Å². The first-order chi connectivity index (χ1) is 9.03. The fourth-order valence-electron chi connectivity index (χ4n) is 1.48. The molecular weight excluding hydrogens is 332 g/mol. The van der Waals surface area contributed by atoms with Gasteiger partial charge in [0.05, 0.1) is 12.3 Å². The molecule has 5 nitrogen and oxygen atoms in total. The van der Waals surface area contributed by atoms with Gasteiger partial charge in [0.2, 0.25) is 0 Å². The van der Waals surface area contributed by atoms with Crippen LogP contribution in [0.5, 0.6) is 0 Å². The number of pyridine rings is 1. The molecule has 0 atom stereocenters. The summed E-state index contributed by atoms with van der Waals surface area (Å²) in [5.74, 6) is 0. The normalized spacial score (nSPS) is 11.3. The molecular formula is C12H11BrN2O3S. The third kappa shape index (κ3) is 3.31. The van der Waals surface area contributed by atoms with Crippen LogP contribution in [0.25, 0.3) is 0 Å². The molecule has 0 saturated carbocycles. The highest BCUT2D eigenvalue weighted by atomic mass is 79.9. The van der Waals surface area contributed by atoms with Crippen LogP contribution in [0.3, 0.4) is 0 Å². The number of aliphatic hydroxyl groups is 1. The van der Waals surface area contributed by atoms with Gasteiger partial charge in [-0.05, 0) is 45.8 Å². The summed E-state index contributed by atoms with van der Waals surface area (Å²) in [4.78, 5) is 3.90. The number of hydrogen-bond acceptors (Lipinski definition) is 4. The van der Waals surface area contributed by atoms with Crippen molar-refractivity contribution < 1.29 is 13.5 Å². The van der Waals surface area contributed by atoms with E-state index >= 15 is 0 Å². The Kier molecular flexibility index (Phi) is 4.18. The van der Waals surface area contributed by atoms with Crippen LogP contribution < -0.4 is 4.72 Å². The second-order valence-corrected chi connectivity index (χ2v) is 6.27. The van der Waals surface area contributed by atoms with E-state index < -0.39 is 10.0 Å². The van der Waals surface area contributed by atoms with Gasteiger partial charge in [0, 0.05) is 16.9 Å². The highest BCUT2D eigenvalue weighted by Crippen LogP contribution is 2.25. The van der Waals surface area contributed by atoms with Gasteiger partial charge in [-0.15, -0.1) is 0 Å². The van der Waals surface area contributed by atoms with E-state index in [0.29, 0.717) is 15.7 Å². The third-order valence-corrected chi connectivity index (χ3v) is 4.78. The van der Waals surface area contributed by atoms with Crippen molar-refractivity contribution in [2.24, 2.45) is 0 Å². The SMILES string of the molecule is O=S(=O)(Nc1ccncc1)c1cc(CO)ccc1Br. The van der Waals surface area contributed by atoms with Crippen LogP contribution in [0.2, 0.25) is 0 Å². The Morgan fingerprint density at radius 1 is 1.21 bits per heavy atom. The van der Waals surface area contributed by atoms with Crippen molar-refractivity contribution in [3.63, 3.8) is 0 Å². The summed E-state index contributed by atoms with van der Waals surface area (Å²) in [6.45, 7) is -0.217. The number of hydrogen-bond donors (Lipinski definition) is 2. The Balaban J connectivity index is 2.39. The monoisotopic (exact) mass is 342 g/mol. The van der Waals surface area contributed by atoms with Crippen LogP contribution in [-0.2, 0) is 16.6 Å². The van der Waals surface area contributed by atoms with Crippen molar-refractivity contribution >= 4 is 31.6 Å². The highest BCUT2D eigenvalue weighted by molar-refractivity contribution is 9.10. The summed E-state index contributed by atoms with van der Waals surface area (Å²) in [5, 5.41) is 9.07. The maximum Gasteiger partial charge on any atom is 0.263 e. The van der Waals surface area contributed by atoms with E-state index in [1.165, 1.54) is 18.5 Å². The lowest BCUT2D eigenvalue weighted by Gasteiger charge is -2.10. The fraction of sp³-hybridized carbons (Fsp3) is 0.0833. The molecule has 0 saturated heterocycles. The van der Waals surface area contributed by atoms with Gasteiger partial charge >= 0.3 is 0 Å². The molecule has 0 fully saturated rings. The maximum absolute atomic E-state index is 12.2. The van der Waals surface area contributed by atoms with Crippen molar-refractivity contribution in [1.82, 2.24) is 4.98 Å². The van der Waals surface area contributed by atoms with Crippen LogP contribution in [0.1, 0.15) is 5.56 Å². The number of rotatable bonds is 4. The molecule has 0 aliphatic rings. The number of nitrogens with one attached hydrogen (secondary N) is 1. The summed E-state index contributed by atoms with van der Waals surface area (Å²) in [6, 6.07) is 7.78. The number of anilines is 1. The maximum atomic E-state index is 12.2. The molecule has 1 aromatic carbocycles. The molecule has 0 aliphatic heterocycles. The predicted molar refractivity (Wildman–Crippen MR) is 75.1 cm³/mol. The second-order valence-electron chi connectivity index (χ2n) is 3.76. The summed E-state index contributed by atoms with van der Waals surface area (Å²) >= 11 is 3.20. The van der Waals surface area contributed by atoms with Gasteiger partial charge in [-0.3, -0.25) is 9.71 Å². The molecule has 0 amide bonds. The van der Waals surface area contributed by atoms with E-state index in [1.54, 1.807) is 24.3 Å². The molecule has 0 radical (unpaired) electrons. The zero-order valence-corrected chi connectivity index (χ0v) is 12.1. The summed E-state index contributed by atoms with van der Waals surface area (Å²) < 4.78 is 27.4. The van der Waals surface area contributed by atoms with E-state index in [1.807, 2.05) is 0 Å². The molecule has 2 rings (SSSR count). The van der Waals surface area contributed by atoms with Gasteiger partial charge in [-0.25, -0.2) is 8.42 Å². The smallest absolute Gasteiger partial charge is 0.263 e. The van der Waals surface area contributed by atoms with E-state index in [0.717, 1.165) is 0 Å². The zero-order chi connectivity index (χ0) is 13.9. The molecule has 0 bridgehead atoms. The predicted octanol–water partition coefficient (Wildman–Crippen LogP) is 2.14. The minimum atomic E-state index is -3.71. The molecule has 0 unspecified atom stereocenters. The Morgan fingerprint density at radius 3 is 2.53 bits per heavy atom. The van der Waals surface area contributed by atoms with Gasteiger partial charge in [0.15, 0.2) is 0 Å². The van der Waals surface area contributed by atoms with Gasteiger partial charge in [-0.2, -0.15) is 0 Å². The quantitative estimate of drug-likeness (QED) is 0.891. The van der Waals surface area contributed by atoms with Crippen LogP contribution >= 0.6 is 15.9 Å². The number of benzene rings is 1. The van der Waals surface area contributed by atoms with Gasteiger partial charge < -0.3 is 5.11 Å². The Morgan fingerprint density at radius 2 is 1.89 bits per heavy atom. The third-order valence-electron chi connectivity index (χ3n) is 2.40. The molecule has 0 spiro atoms. The average molecular weight is 343 g/mol. The first-order valence-electron chi connectivity index (χ1n) is 5.35. The van der Waals surface area contributed by atoms with E-state index in [2.05, 4.69) is 25.6 Å². The number of aromatic nitrogens is 1. The fourth-order valence-corrected chi connectivity index (χ4v) is 3.56. The minimum Gasteiger partial charge on any atom is -0.392 e. The molecule has 7 heteroatoms. The van der Waals surface area contributed by atoms with E-state index in [-0.39, 0.29) is 11.5 Å². The first kappa shape index (κ1) is 14.0. The molecule has 1 aromatic heterocycles. The number of nitrogens with zero attached hydrogens (tertiary/aromatic N) is 1. The molecule has 1 heterocycles. The Labute approximate surface area is 119 Å². The molecule has 2 N–H and O–H groups in total. The zero-order valence-electron chi connectivity index (χ0n) is 9.75. The molecule has 0 aliphatic carbocycles. The van der Waals surface area contributed by atoms with E-state index in [4.69, 9.17) is 5.11 Å². The van der Waals surface area contributed by atoms with E-state index in [9.17, 15) is 8.42 Å². The van der Waals surface area contributed by atoms with Crippen molar-refractivity contribution in [3.05, 3.63) is 52.8 Å². The lowest BCUT2D eigenvalue weighted by Crippen LogP contribution is -2.14. The number of sulfonamides is 1. The average Bonchev–Trinajstić information content (AvgIpc) is 2.39. The number of aliphatic hydroxyl groups excluding tert-OH is 1. The van der Waals surface area contributed by atoms with Gasteiger partial charge in [-0.1, -0.05) is 6.07 Å². The van der Waals surface area contributed by atoms with Crippen LogP contribution in [0, 0.1) is 0 Å². The second kappa shape index (κ2) is 5.68. The standard InChI is InChI=1S/C12H11BrN2O3S/c13-11-2-1-9(8-16)7-12(11)19(17,18)15-10-3-5-14-6-4-10/h1-7,16H,8H2,(H,14,15). The van der Waals surface area contributed by atoms with Crippen LogP contribution in [0.15, 0.2) is 52.1 Å². The van der Waals surface area contributed by atoms with Gasteiger partial charge in [0.1, 0.15) is 4.90 Å². The van der Waals surface area contributed by atoms with Crippen molar-refractivity contribution in [1.29, 1.82) is 0 Å². The Hall–Kier alpha value is -1.44. The number of halogens is 1. The molecule has 100 valence electrons. The van der Waals surface area contributed by atoms with Gasteiger partial charge in [0.25, 0.3) is 10.0 Å². The Bertz CT molecular complexity index is 675. The summed E-state index contributed by atoms with van der Waals surface area (Å²) in [7, 11) is -3.71. The summed E-state index contributed by atoms with van der Waals surface area (Å²) in [6.07, 6.45) is 2.99. The van der Waals surface area contributed by atoms with Crippen LogP contribution in [0.4, 0.5) is 5.69 Å². The van der Waals surface area contributed by atoms with Crippen molar-refractivity contribution in [3.8, 4) is 0 Å². The minimum absolute atomic E-state index is 0.0795. The largest absolute Gasteiger partial charge is 0.392 e. The lowest BCUT2D eigenvalue weighted by atomic mass is 10.2. The van der Waals surface area contributed by atoms with Crippen molar-refractivity contribution in [2.75, 3.05) is 4.72 Å². The molecule has 2 aromatic rings. The summed E-state index contributed by atoms with van der Waals surface area (Å²) in [5.41, 5.74) is 0.953. The van der Waals surface area contributed by atoms with Crippen LogP contribution in [-0.4, -0.2) is 18.5 Å². The molecule has 19 heavy (non-hydrogen) atoms. The highest BCUT2D eigenvalue weighted by Gasteiger charge is 2.18. The van der Waals surface area contributed by atoms with Crippen molar-refractivity contribution in [2.45, 2.75) is 11.5 Å². The lowest BCUT2D eigenvalue weighted by molar-refractivity contribution is 0.281.